The third kappa shape index (κ3) is 2.87. The van der Waals surface area contributed by atoms with Crippen LogP contribution >= 0.6 is 22.9 Å². The van der Waals surface area contributed by atoms with Gasteiger partial charge in [0.25, 0.3) is 5.91 Å². The third-order valence-electron chi connectivity index (χ3n) is 3.18. The Morgan fingerprint density at radius 3 is 2.64 bits per heavy atom. The Bertz CT molecular complexity index is 850. The van der Waals surface area contributed by atoms with Gasteiger partial charge in [-0.05, 0) is 23.7 Å². The minimum absolute atomic E-state index is 0.306. The molecule has 3 rings (SSSR count). The molecule has 0 radical (unpaired) electrons. The number of hydrogen-bond donors (Lipinski definition) is 3. The number of halogens is 1. The Hall–Kier alpha value is -1.86. The number of hydrogen-bond acceptors (Lipinski definition) is 4. The van der Waals surface area contributed by atoms with E-state index in [1.54, 1.807) is 18.2 Å². The Kier molecular flexibility index (Phi) is 4.17. The van der Waals surface area contributed by atoms with Crippen LogP contribution in [0.3, 0.4) is 0 Å². The highest BCUT2D eigenvalue weighted by atomic mass is 35.5. The molecule has 7 heteroatoms. The summed E-state index contributed by atoms with van der Waals surface area (Å²) in [5.41, 5.74) is 0.782. The lowest BCUT2D eigenvalue weighted by Gasteiger charge is -2.06. The maximum absolute atomic E-state index is 12.4. The zero-order valence-corrected chi connectivity index (χ0v) is 12.9. The van der Waals surface area contributed by atoms with Gasteiger partial charge in [0.1, 0.15) is 4.88 Å². The molecule has 4 nitrogen and oxygen atoms in total. The van der Waals surface area contributed by atoms with E-state index in [0.29, 0.717) is 21.0 Å². The van der Waals surface area contributed by atoms with Crippen LogP contribution in [0.25, 0.3) is 10.1 Å². The molecule has 3 N–H and O–H groups in total. The molecular weight excluding hydrogens is 321 g/mol. The number of carbonyl (C=O) groups excluding carboxylic acids is 1. The molecule has 2 aromatic carbocycles. The van der Waals surface area contributed by atoms with Gasteiger partial charge in [-0.25, -0.2) is 0 Å². The Balaban J connectivity index is 1.90. The highest BCUT2D eigenvalue weighted by Gasteiger charge is 2.18. The van der Waals surface area contributed by atoms with Gasteiger partial charge >= 0.3 is 7.12 Å². The van der Waals surface area contributed by atoms with E-state index in [2.05, 4.69) is 5.32 Å². The molecule has 0 aliphatic carbocycles. The van der Waals surface area contributed by atoms with Gasteiger partial charge < -0.3 is 15.4 Å². The molecule has 0 aliphatic heterocycles. The predicted octanol–water partition coefficient (Wildman–Crippen LogP) is 2.49. The van der Waals surface area contributed by atoms with E-state index >= 15 is 0 Å². The first-order valence-electron chi connectivity index (χ1n) is 6.51. The molecule has 22 heavy (non-hydrogen) atoms. The molecule has 0 spiro atoms. The quantitative estimate of drug-likeness (QED) is 0.646. The van der Waals surface area contributed by atoms with Gasteiger partial charge in [-0.15, -0.1) is 11.3 Å². The lowest BCUT2D eigenvalue weighted by Crippen LogP contribution is -2.30. The van der Waals surface area contributed by atoms with Crippen LogP contribution in [0, 0.1) is 0 Å². The van der Waals surface area contributed by atoms with Crippen molar-refractivity contribution in [3.63, 3.8) is 0 Å². The fourth-order valence-electron chi connectivity index (χ4n) is 2.12. The normalized spacial score (nSPS) is 10.7. The molecule has 1 aromatic heterocycles. The van der Waals surface area contributed by atoms with E-state index in [1.165, 1.54) is 17.4 Å². The van der Waals surface area contributed by atoms with Crippen molar-refractivity contribution in [2.45, 2.75) is 0 Å². The number of benzene rings is 2. The summed E-state index contributed by atoms with van der Waals surface area (Å²) in [6.07, 6.45) is 0. The minimum atomic E-state index is -1.58. The van der Waals surface area contributed by atoms with Crippen LogP contribution in [0.1, 0.15) is 9.67 Å². The van der Waals surface area contributed by atoms with Crippen molar-refractivity contribution in [2.24, 2.45) is 0 Å². The summed E-state index contributed by atoms with van der Waals surface area (Å²) in [4.78, 5) is 12.8. The van der Waals surface area contributed by atoms with Crippen molar-refractivity contribution < 1.29 is 14.8 Å². The zero-order valence-electron chi connectivity index (χ0n) is 11.3. The third-order valence-corrected chi connectivity index (χ3v) is 4.86. The van der Waals surface area contributed by atoms with E-state index < -0.39 is 7.12 Å². The Morgan fingerprint density at radius 1 is 1.14 bits per heavy atom. The van der Waals surface area contributed by atoms with Crippen molar-refractivity contribution >= 4 is 57.2 Å². The Morgan fingerprint density at radius 2 is 1.91 bits per heavy atom. The van der Waals surface area contributed by atoms with Crippen molar-refractivity contribution in [3.8, 4) is 0 Å². The number of nitrogens with one attached hydrogen (secondary N) is 1. The van der Waals surface area contributed by atoms with E-state index in [0.717, 1.165) is 10.1 Å². The van der Waals surface area contributed by atoms with Crippen LogP contribution in [0.5, 0.6) is 0 Å². The molecule has 3 aromatic rings. The molecule has 0 fully saturated rings. The van der Waals surface area contributed by atoms with Gasteiger partial charge in [0.2, 0.25) is 0 Å². The number of thiophene rings is 1. The van der Waals surface area contributed by atoms with Gasteiger partial charge in [0.15, 0.2) is 0 Å². The lowest BCUT2D eigenvalue weighted by atomic mass is 9.80. The minimum Gasteiger partial charge on any atom is -0.423 e. The first kappa shape index (κ1) is 15.1. The van der Waals surface area contributed by atoms with E-state index in [1.807, 2.05) is 24.3 Å². The second-order valence-electron chi connectivity index (χ2n) is 4.69. The van der Waals surface area contributed by atoms with Gasteiger partial charge in [-0.1, -0.05) is 41.9 Å². The SMILES string of the molecule is O=C(Nc1cccc(B(O)O)c1)c1sc2ccccc2c1Cl. The van der Waals surface area contributed by atoms with Gasteiger partial charge in [0, 0.05) is 15.8 Å². The average molecular weight is 332 g/mol. The van der Waals surface area contributed by atoms with Crippen LogP contribution in [-0.4, -0.2) is 23.1 Å². The zero-order chi connectivity index (χ0) is 15.7. The van der Waals surface area contributed by atoms with Gasteiger partial charge in [-0.2, -0.15) is 0 Å². The summed E-state index contributed by atoms with van der Waals surface area (Å²) in [5, 5.41) is 22.3. The summed E-state index contributed by atoms with van der Waals surface area (Å²) in [7, 11) is -1.58. The number of fused-ring (bicyclic) bond motifs is 1. The number of amides is 1. The summed E-state index contributed by atoms with van der Waals surface area (Å²) in [5.74, 6) is -0.323. The molecule has 0 aliphatic rings. The number of carbonyl (C=O) groups is 1. The van der Waals surface area contributed by atoms with Crippen molar-refractivity contribution in [3.05, 3.63) is 58.4 Å². The summed E-state index contributed by atoms with van der Waals surface area (Å²) >= 11 is 7.59. The van der Waals surface area contributed by atoms with Crippen LogP contribution in [0.15, 0.2) is 48.5 Å². The second kappa shape index (κ2) is 6.10. The standard InChI is InChI=1S/C15H11BClNO3S/c17-13-11-6-1-2-7-12(11)22-14(13)15(19)18-10-5-3-4-9(8-10)16(20)21/h1-8,20-21H,(H,18,19). The maximum Gasteiger partial charge on any atom is 0.488 e. The molecular formula is C15H11BClNO3S. The van der Waals surface area contributed by atoms with Gasteiger partial charge in [-0.3, -0.25) is 4.79 Å². The molecule has 0 bridgehead atoms. The lowest BCUT2D eigenvalue weighted by molar-refractivity contribution is 0.103. The molecule has 0 unspecified atom stereocenters. The van der Waals surface area contributed by atoms with Crippen molar-refractivity contribution in [2.75, 3.05) is 5.32 Å². The first-order chi connectivity index (χ1) is 10.6. The second-order valence-corrected chi connectivity index (χ2v) is 6.12. The summed E-state index contributed by atoms with van der Waals surface area (Å²) in [6, 6.07) is 13.9. The number of rotatable bonds is 3. The van der Waals surface area contributed by atoms with Crippen molar-refractivity contribution in [1.82, 2.24) is 0 Å². The van der Waals surface area contributed by atoms with E-state index in [4.69, 9.17) is 21.6 Å². The fourth-order valence-corrected chi connectivity index (χ4v) is 3.54. The predicted molar refractivity (Wildman–Crippen MR) is 91.1 cm³/mol. The Labute approximate surface area is 136 Å². The average Bonchev–Trinajstić information content (AvgIpc) is 2.85. The van der Waals surface area contributed by atoms with Gasteiger partial charge in [0.05, 0.1) is 5.02 Å². The maximum atomic E-state index is 12.4. The van der Waals surface area contributed by atoms with E-state index in [9.17, 15) is 4.79 Å². The van der Waals surface area contributed by atoms with E-state index in [-0.39, 0.29) is 5.91 Å². The molecule has 0 saturated heterocycles. The van der Waals surface area contributed by atoms with Crippen LogP contribution in [0.4, 0.5) is 5.69 Å². The highest BCUT2D eigenvalue weighted by molar-refractivity contribution is 7.21. The summed E-state index contributed by atoms with van der Waals surface area (Å²) < 4.78 is 0.942. The van der Waals surface area contributed by atoms with Crippen molar-refractivity contribution in [1.29, 1.82) is 0 Å². The molecule has 0 saturated carbocycles. The summed E-state index contributed by atoms with van der Waals surface area (Å²) in [6.45, 7) is 0. The number of anilines is 1. The van der Waals surface area contributed by atoms with Crippen LogP contribution in [-0.2, 0) is 0 Å². The van der Waals surface area contributed by atoms with Crippen LogP contribution < -0.4 is 10.8 Å². The molecule has 1 heterocycles. The fraction of sp³-hybridized carbons (Fsp3) is 0. The van der Waals surface area contributed by atoms with Crippen LogP contribution in [0.2, 0.25) is 5.02 Å². The largest absolute Gasteiger partial charge is 0.488 e. The monoisotopic (exact) mass is 331 g/mol. The molecule has 110 valence electrons. The molecule has 1 amide bonds. The highest BCUT2D eigenvalue weighted by Crippen LogP contribution is 2.35. The topological polar surface area (TPSA) is 69.6 Å². The smallest absolute Gasteiger partial charge is 0.423 e. The first-order valence-corrected chi connectivity index (χ1v) is 7.70. The molecule has 0 atom stereocenters.